The first-order valence-corrected chi connectivity index (χ1v) is 25.3. The van der Waals surface area contributed by atoms with Crippen molar-refractivity contribution >= 4 is 13.7 Å². The second kappa shape index (κ2) is 40.1. The second-order valence-electron chi connectivity index (χ2n) is 17.5. The lowest BCUT2D eigenvalue weighted by atomic mass is 10.0. The predicted molar refractivity (Wildman–Crippen MR) is 242 cm³/mol. The second-order valence-corrected chi connectivity index (χ2v) is 18.9. The Balaban J connectivity index is 4.38. The number of phosphoric ester groups is 1. The van der Waals surface area contributed by atoms with E-state index in [2.05, 4.69) is 43.5 Å². The summed E-state index contributed by atoms with van der Waals surface area (Å²) in [6.45, 7) is 4.61. The number of carbonyl (C=O) groups is 1. The number of hydrogen-bond acceptors (Lipinski definition) is 6. The smallest absolute Gasteiger partial charge is 0.268 e. The van der Waals surface area contributed by atoms with Gasteiger partial charge in [0.05, 0.1) is 39.9 Å². The molecule has 0 aliphatic rings. The average Bonchev–Trinajstić information content (AvgIpc) is 3.16. The number of aliphatic hydroxyl groups excluding tert-OH is 1. The van der Waals surface area contributed by atoms with Gasteiger partial charge in [0.25, 0.3) is 7.82 Å². The van der Waals surface area contributed by atoms with E-state index in [1.54, 1.807) is 6.08 Å². The summed E-state index contributed by atoms with van der Waals surface area (Å²) < 4.78 is 23.2. The number of quaternary nitrogens is 1. The third kappa shape index (κ3) is 42.6. The van der Waals surface area contributed by atoms with Gasteiger partial charge in [-0.2, -0.15) is 0 Å². The number of amides is 1. The van der Waals surface area contributed by atoms with Crippen molar-refractivity contribution < 1.29 is 32.9 Å². The van der Waals surface area contributed by atoms with Crippen molar-refractivity contribution in [2.45, 2.75) is 225 Å². The number of carbonyl (C=O) groups excluding carboxylic acids is 1. The lowest BCUT2D eigenvalue weighted by molar-refractivity contribution is -0.870. The molecule has 0 fully saturated rings. The molecule has 0 radical (unpaired) electrons. The number of aliphatic hydroxyl groups is 1. The van der Waals surface area contributed by atoms with Crippen LogP contribution in [0.1, 0.15) is 213 Å². The number of likely N-dealkylation sites (N-methyl/N-ethyl adjacent to an activating group) is 1. The summed E-state index contributed by atoms with van der Waals surface area (Å²) in [6.07, 6.45) is 49.0. The fourth-order valence-corrected chi connectivity index (χ4v) is 7.51. The minimum Gasteiger partial charge on any atom is -0.756 e. The first-order valence-electron chi connectivity index (χ1n) is 23.9. The van der Waals surface area contributed by atoms with Gasteiger partial charge in [-0.15, -0.1) is 0 Å². The van der Waals surface area contributed by atoms with Gasteiger partial charge in [0.2, 0.25) is 5.91 Å². The van der Waals surface area contributed by atoms with Crippen molar-refractivity contribution in [3.8, 4) is 0 Å². The fourth-order valence-electron chi connectivity index (χ4n) is 6.79. The van der Waals surface area contributed by atoms with Gasteiger partial charge in [0.15, 0.2) is 0 Å². The number of phosphoric acid groups is 1. The van der Waals surface area contributed by atoms with E-state index in [1.807, 2.05) is 27.2 Å². The summed E-state index contributed by atoms with van der Waals surface area (Å²) in [5, 5.41) is 13.8. The highest BCUT2D eigenvalue weighted by molar-refractivity contribution is 7.45. The van der Waals surface area contributed by atoms with Crippen LogP contribution in [0.2, 0.25) is 0 Å². The Labute approximate surface area is 353 Å². The maximum atomic E-state index is 12.9. The summed E-state index contributed by atoms with van der Waals surface area (Å²) in [4.78, 5) is 25.3. The Morgan fingerprint density at radius 1 is 0.614 bits per heavy atom. The molecular formula is C48H93N2O6P. The zero-order chi connectivity index (χ0) is 42.1. The molecule has 57 heavy (non-hydrogen) atoms. The Hall–Kier alpha value is -1.28. The number of allylic oxidation sites excluding steroid dienone is 5. The van der Waals surface area contributed by atoms with Crippen LogP contribution in [0.3, 0.4) is 0 Å². The van der Waals surface area contributed by atoms with Gasteiger partial charge in [0, 0.05) is 6.42 Å². The minimum atomic E-state index is -4.59. The van der Waals surface area contributed by atoms with Crippen molar-refractivity contribution in [2.24, 2.45) is 0 Å². The first kappa shape index (κ1) is 55.7. The van der Waals surface area contributed by atoms with E-state index in [-0.39, 0.29) is 19.1 Å². The molecule has 0 heterocycles. The monoisotopic (exact) mass is 825 g/mol. The van der Waals surface area contributed by atoms with E-state index in [0.717, 1.165) is 57.8 Å². The summed E-state index contributed by atoms with van der Waals surface area (Å²) in [7, 11) is 1.25. The van der Waals surface area contributed by atoms with E-state index >= 15 is 0 Å². The average molecular weight is 825 g/mol. The minimum absolute atomic E-state index is 0.00357. The molecule has 0 bridgehead atoms. The molecule has 0 rings (SSSR count). The Morgan fingerprint density at radius 3 is 1.46 bits per heavy atom. The molecule has 0 spiro atoms. The van der Waals surface area contributed by atoms with Gasteiger partial charge >= 0.3 is 0 Å². The Morgan fingerprint density at radius 2 is 1.00 bits per heavy atom. The molecule has 8 nitrogen and oxygen atoms in total. The third-order valence-electron chi connectivity index (χ3n) is 10.6. The van der Waals surface area contributed by atoms with Crippen LogP contribution in [-0.2, 0) is 18.4 Å². The highest BCUT2D eigenvalue weighted by atomic mass is 31.2. The highest BCUT2D eigenvalue weighted by Gasteiger charge is 2.23. The van der Waals surface area contributed by atoms with E-state index in [0.29, 0.717) is 17.4 Å². The topological polar surface area (TPSA) is 108 Å². The van der Waals surface area contributed by atoms with E-state index in [9.17, 15) is 19.4 Å². The van der Waals surface area contributed by atoms with Gasteiger partial charge in [-0.25, -0.2) is 0 Å². The standard InChI is InChI=1S/C48H93N2O6P/c1-6-8-10-12-14-16-18-20-22-23-24-25-26-28-29-31-33-35-37-39-41-47(51)46(45-56-57(53,54)55-44-43-50(3,4)5)49-48(52)42-40-38-36-34-32-30-27-21-19-17-15-13-11-9-7-2/h15,17,19,21,39,41,46-47,51H,6-14,16,18,20,22-38,40,42-45H2,1-5H3,(H-,49,52,53,54)/b17-15-,21-19-,41-39+. The van der Waals surface area contributed by atoms with Crippen LogP contribution in [0, 0.1) is 0 Å². The summed E-state index contributed by atoms with van der Waals surface area (Å²) in [6, 6.07) is -0.891. The molecule has 0 saturated heterocycles. The molecule has 336 valence electrons. The van der Waals surface area contributed by atoms with Crippen molar-refractivity contribution in [1.82, 2.24) is 5.32 Å². The molecule has 0 aromatic carbocycles. The zero-order valence-electron chi connectivity index (χ0n) is 38.0. The lowest BCUT2D eigenvalue weighted by Gasteiger charge is -2.29. The normalized spacial score (nSPS) is 14.6. The number of nitrogens with zero attached hydrogens (tertiary/aromatic N) is 1. The van der Waals surface area contributed by atoms with Crippen molar-refractivity contribution in [1.29, 1.82) is 0 Å². The molecule has 3 atom stereocenters. The van der Waals surface area contributed by atoms with Crippen molar-refractivity contribution in [2.75, 3.05) is 40.9 Å². The van der Waals surface area contributed by atoms with Gasteiger partial charge in [-0.05, 0) is 44.9 Å². The summed E-state index contributed by atoms with van der Waals surface area (Å²) >= 11 is 0. The van der Waals surface area contributed by atoms with Crippen LogP contribution in [0.4, 0.5) is 0 Å². The fraction of sp³-hybridized carbons (Fsp3) is 0.854. The molecule has 0 aromatic heterocycles. The Bertz CT molecular complexity index is 1030. The van der Waals surface area contributed by atoms with E-state index in [4.69, 9.17) is 9.05 Å². The number of nitrogens with one attached hydrogen (secondary N) is 1. The first-order chi connectivity index (χ1) is 27.5. The van der Waals surface area contributed by atoms with Crippen LogP contribution in [0.5, 0.6) is 0 Å². The maximum Gasteiger partial charge on any atom is 0.268 e. The molecule has 0 aliphatic carbocycles. The number of hydrogen-bond donors (Lipinski definition) is 2. The van der Waals surface area contributed by atoms with Gasteiger partial charge < -0.3 is 28.8 Å². The van der Waals surface area contributed by atoms with E-state index < -0.39 is 20.0 Å². The molecule has 1 amide bonds. The summed E-state index contributed by atoms with van der Waals surface area (Å²) in [5.41, 5.74) is 0. The van der Waals surface area contributed by atoms with Crippen molar-refractivity contribution in [3.63, 3.8) is 0 Å². The van der Waals surface area contributed by atoms with Crippen LogP contribution in [0.15, 0.2) is 36.5 Å². The van der Waals surface area contributed by atoms with Crippen LogP contribution >= 0.6 is 7.82 Å². The Kier molecular flexibility index (Phi) is 39.2. The maximum absolute atomic E-state index is 12.9. The van der Waals surface area contributed by atoms with Gasteiger partial charge in [0.1, 0.15) is 13.2 Å². The van der Waals surface area contributed by atoms with Crippen LogP contribution in [-0.4, -0.2) is 68.5 Å². The van der Waals surface area contributed by atoms with E-state index in [1.165, 1.54) is 135 Å². The molecule has 0 aromatic rings. The predicted octanol–water partition coefficient (Wildman–Crippen LogP) is 12.8. The zero-order valence-corrected chi connectivity index (χ0v) is 38.9. The molecule has 3 unspecified atom stereocenters. The van der Waals surface area contributed by atoms with Gasteiger partial charge in [-0.1, -0.05) is 198 Å². The third-order valence-corrected chi connectivity index (χ3v) is 11.6. The quantitative estimate of drug-likeness (QED) is 0.0208. The molecular weight excluding hydrogens is 732 g/mol. The van der Waals surface area contributed by atoms with Gasteiger partial charge in [-0.3, -0.25) is 9.36 Å². The highest BCUT2D eigenvalue weighted by Crippen LogP contribution is 2.38. The molecule has 9 heteroatoms. The summed E-state index contributed by atoms with van der Waals surface area (Å²) in [5.74, 6) is -0.209. The number of rotatable bonds is 43. The molecule has 2 N–H and O–H groups in total. The molecule has 0 aliphatic heterocycles. The van der Waals surface area contributed by atoms with Crippen molar-refractivity contribution in [3.05, 3.63) is 36.5 Å². The molecule has 0 saturated carbocycles. The SMILES string of the molecule is CCCCC/C=C\C=C/CCCCCCCCC(=O)NC(COP(=O)([O-])OCC[N+](C)(C)C)C(O)/C=C/CCCCCCCCCCCCCCCCCCCC. The van der Waals surface area contributed by atoms with Crippen LogP contribution in [0.25, 0.3) is 0 Å². The van der Waals surface area contributed by atoms with Crippen LogP contribution < -0.4 is 10.2 Å². The largest absolute Gasteiger partial charge is 0.756 e. The number of unbranched alkanes of at least 4 members (excludes halogenated alkanes) is 27. The lowest BCUT2D eigenvalue weighted by Crippen LogP contribution is -2.45.